The van der Waals surface area contributed by atoms with Crippen LogP contribution >= 0.6 is 11.9 Å². The fraction of sp³-hybridized carbons (Fsp3) is 0. The molecule has 0 aliphatic rings. The molecule has 0 atom stereocenters. The minimum atomic E-state index is 0. The quantitative estimate of drug-likeness (QED) is 0.366. The molecule has 0 unspecified atom stereocenters. The van der Waals surface area contributed by atoms with Gasteiger partial charge in [-0.2, -0.15) is 0 Å². The molecule has 0 aliphatic carbocycles. The fourth-order valence-electron chi connectivity index (χ4n) is 0. The molecule has 0 spiro atoms. The highest BCUT2D eigenvalue weighted by atomic mass is 35.5. The first-order valence-corrected chi connectivity index (χ1v) is 0.507. The molecule has 0 aliphatic heterocycles. The maximum atomic E-state index is 6.47. The van der Waals surface area contributed by atoms with E-state index in [2.05, 4.69) is 11.9 Å². The third-order valence-corrected chi connectivity index (χ3v) is 0. The van der Waals surface area contributed by atoms with Crippen LogP contribution in [-0.4, -0.2) is 21.1 Å². The molecule has 7 N–H and O–H groups in total. The maximum absolute atomic E-state index is 6.47. The van der Waals surface area contributed by atoms with Crippen molar-refractivity contribution >= 4 is 11.9 Å². The summed E-state index contributed by atoms with van der Waals surface area (Å²) >= 11 is 3.64. The molecular formula is H7ClO4. The Labute approximate surface area is 34.1 Å². The molecule has 0 rings (SSSR count). The second kappa shape index (κ2) is 2390. The van der Waals surface area contributed by atoms with Gasteiger partial charge in [0.1, 0.15) is 0 Å². The van der Waals surface area contributed by atoms with E-state index < -0.39 is 0 Å². The van der Waals surface area contributed by atoms with Crippen LogP contribution in [0, 0.1) is 0 Å². The summed E-state index contributed by atoms with van der Waals surface area (Å²) in [7, 11) is 0. The number of hydrogen-bond acceptors (Lipinski definition) is 1. The van der Waals surface area contributed by atoms with E-state index in [1.165, 1.54) is 0 Å². The van der Waals surface area contributed by atoms with E-state index in [0.29, 0.717) is 0 Å². The van der Waals surface area contributed by atoms with E-state index in [0.717, 1.165) is 0 Å². The Balaban J connectivity index is -0.00000000167. The Bertz CT molecular complexity index is 3.61. The molecule has 0 aromatic carbocycles. The number of halogens is 1. The van der Waals surface area contributed by atoms with Crippen LogP contribution < -0.4 is 0 Å². The number of hydrogen-bond donors (Lipinski definition) is 1. The van der Waals surface area contributed by atoms with Crippen LogP contribution in [0.3, 0.4) is 0 Å². The summed E-state index contributed by atoms with van der Waals surface area (Å²) in [5.74, 6) is 0. The summed E-state index contributed by atoms with van der Waals surface area (Å²) in [6.07, 6.45) is 0. The summed E-state index contributed by atoms with van der Waals surface area (Å²) in [5, 5.41) is 0. The van der Waals surface area contributed by atoms with Gasteiger partial charge in [-0.25, -0.2) is 0 Å². The molecule has 0 fully saturated rings. The summed E-state index contributed by atoms with van der Waals surface area (Å²) < 4.78 is 6.47. The average molecular weight is 107 g/mol. The third kappa shape index (κ3) is 1110. The van der Waals surface area contributed by atoms with Crippen LogP contribution in [0.25, 0.3) is 0 Å². The van der Waals surface area contributed by atoms with Crippen LogP contribution in [0.4, 0.5) is 0 Å². The van der Waals surface area contributed by atoms with Crippen LogP contribution in [-0.2, 0) is 0 Å². The zero-order valence-corrected chi connectivity index (χ0v) is 3.08. The molecule has 0 saturated carbocycles. The lowest BCUT2D eigenvalue weighted by Crippen LogP contribution is -0.913. The van der Waals surface area contributed by atoms with Gasteiger partial charge in [-0.05, 0) is 0 Å². The van der Waals surface area contributed by atoms with E-state index >= 15 is 0 Å². The topological polar surface area (TPSA) is 115 Å². The minimum absolute atomic E-state index is 0. The monoisotopic (exact) mass is 106 g/mol. The van der Waals surface area contributed by atoms with Crippen molar-refractivity contribution in [2.24, 2.45) is 0 Å². The molecule has 4 nitrogen and oxygen atoms in total. The highest BCUT2D eigenvalue weighted by molar-refractivity contribution is 6.04. The zero-order valence-electron chi connectivity index (χ0n) is 2.33. The lowest BCUT2D eigenvalue weighted by Gasteiger charge is -1.13. The Hall–Kier alpha value is 0.130. The third-order valence-electron chi connectivity index (χ3n) is 0. The van der Waals surface area contributed by atoms with E-state index in [9.17, 15) is 0 Å². The van der Waals surface area contributed by atoms with Gasteiger partial charge in [0.2, 0.25) is 0 Å². The average Bonchev–Trinajstić information content (AvgIpc) is 1.00. The summed E-state index contributed by atoms with van der Waals surface area (Å²) in [5.41, 5.74) is 0. The lowest BCUT2D eigenvalue weighted by atomic mass is 15.9. The molecular weight excluding hydrogens is 99.4 g/mol. The van der Waals surface area contributed by atoms with E-state index in [1.54, 1.807) is 0 Å². The normalized spacial score (nSPS) is 1.20. The molecule has 0 radical (unpaired) electrons. The summed E-state index contributed by atoms with van der Waals surface area (Å²) in [6, 6.07) is 0. The van der Waals surface area contributed by atoms with Crippen LogP contribution in [0.15, 0.2) is 0 Å². The Morgan fingerprint density at radius 2 is 0.800 bits per heavy atom. The van der Waals surface area contributed by atoms with Gasteiger partial charge in [0.05, 0.1) is 11.9 Å². The predicted molar refractivity (Wildman–Crippen MR) is 18.9 cm³/mol. The SMILES string of the molecule is O.O.O.OCl. The van der Waals surface area contributed by atoms with Gasteiger partial charge in [-0.15, -0.1) is 0 Å². The van der Waals surface area contributed by atoms with Gasteiger partial charge in [0.15, 0.2) is 0 Å². The van der Waals surface area contributed by atoms with Gasteiger partial charge in [-0.3, -0.25) is 4.66 Å². The molecule has 0 bridgehead atoms. The Morgan fingerprint density at radius 1 is 0.800 bits per heavy atom. The van der Waals surface area contributed by atoms with Crippen molar-refractivity contribution in [2.45, 2.75) is 0 Å². The molecule has 0 saturated heterocycles. The highest BCUT2D eigenvalue weighted by Crippen LogP contribution is 1.31. The van der Waals surface area contributed by atoms with Gasteiger partial charge in [0.25, 0.3) is 0 Å². The molecule has 5 heteroatoms. The van der Waals surface area contributed by atoms with Crippen molar-refractivity contribution in [1.29, 1.82) is 0 Å². The molecule has 0 heterocycles. The van der Waals surface area contributed by atoms with Crippen molar-refractivity contribution in [3.05, 3.63) is 0 Å². The molecule has 5 heavy (non-hydrogen) atoms. The Morgan fingerprint density at radius 3 is 0.800 bits per heavy atom. The first kappa shape index (κ1) is 68.5. The van der Waals surface area contributed by atoms with Crippen molar-refractivity contribution in [2.75, 3.05) is 0 Å². The second-order valence-electron chi connectivity index (χ2n) is 0. The van der Waals surface area contributed by atoms with E-state index in [1.807, 2.05) is 0 Å². The van der Waals surface area contributed by atoms with Crippen LogP contribution in [0.2, 0.25) is 0 Å². The summed E-state index contributed by atoms with van der Waals surface area (Å²) in [4.78, 5) is 0. The number of rotatable bonds is 0. The zero-order chi connectivity index (χ0) is 2.00. The lowest BCUT2D eigenvalue weighted by molar-refractivity contribution is 0.632. The van der Waals surface area contributed by atoms with Gasteiger partial charge in [-0.1, -0.05) is 0 Å². The van der Waals surface area contributed by atoms with Crippen molar-refractivity contribution in [3.8, 4) is 0 Å². The molecule has 0 amide bonds. The largest absolute Gasteiger partial charge is 0.412 e. The standard InChI is InChI=1S/ClHO.3H2O/c1-2;;;/h2H;3*1H2. The van der Waals surface area contributed by atoms with Gasteiger partial charge in [0, 0.05) is 0 Å². The predicted octanol–water partition coefficient (Wildman–Crippen LogP) is -2.34. The van der Waals surface area contributed by atoms with Crippen LogP contribution in [0.1, 0.15) is 0 Å². The molecule has 0 aromatic heterocycles. The van der Waals surface area contributed by atoms with E-state index in [4.69, 9.17) is 4.66 Å². The first-order valence-electron chi connectivity index (χ1n) is 0.169. The first-order chi connectivity index (χ1) is 1.00. The Kier molecular flexibility index (Phi) is 32800. The van der Waals surface area contributed by atoms with E-state index in [-0.39, 0.29) is 16.4 Å². The smallest absolute Gasteiger partial charge is 0.0579 e. The molecule has 0 aromatic rings. The fourth-order valence-corrected chi connectivity index (χ4v) is 0. The van der Waals surface area contributed by atoms with Crippen LogP contribution in [0.5, 0.6) is 0 Å². The highest BCUT2D eigenvalue weighted by Gasteiger charge is 0.897. The van der Waals surface area contributed by atoms with Crippen molar-refractivity contribution in [1.82, 2.24) is 0 Å². The summed E-state index contributed by atoms with van der Waals surface area (Å²) in [6.45, 7) is 0. The van der Waals surface area contributed by atoms with Gasteiger partial charge >= 0.3 is 0 Å². The van der Waals surface area contributed by atoms with Crippen molar-refractivity contribution < 1.29 is 21.1 Å². The van der Waals surface area contributed by atoms with Crippen molar-refractivity contribution in [3.63, 3.8) is 0 Å². The minimum Gasteiger partial charge on any atom is -0.412 e. The maximum Gasteiger partial charge on any atom is 0.0579 e. The van der Waals surface area contributed by atoms with Gasteiger partial charge < -0.3 is 16.4 Å². The second-order valence-corrected chi connectivity index (χ2v) is 0. The molecule has 38 valence electrons.